The highest BCUT2D eigenvalue weighted by Crippen LogP contribution is 2.29. The van der Waals surface area contributed by atoms with Gasteiger partial charge in [-0.25, -0.2) is 19.6 Å². The van der Waals surface area contributed by atoms with Gasteiger partial charge in [-0.05, 0) is 26.3 Å². The van der Waals surface area contributed by atoms with Crippen LogP contribution in [0.1, 0.15) is 30.6 Å². The molecule has 1 atom stereocenters. The van der Waals surface area contributed by atoms with Gasteiger partial charge in [0.1, 0.15) is 18.3 Å². The highest BCUT2D eigenvalue weighted by molar-refractivity contribution is 14.0. The monoisotopic (exact) mass is 539 g/mol. The van der Waals surface area contributed by atoms with Crippen molar-refractivity contribution in [3.05, 3.63) is 35.5 Å². The molecule has 0 bridgehead atoms. The maximum atomic E-state index is 12.5. The van der Waals surface area contributed by atoms with Gasteiger partial charge in [0.2, 0.25) is 5.88 Å². The average Bonchev–Trinajstić information content (AvgIpc) is 3.04. The number of guanidine groups is 1. The van der Waals surface area contributed by atoms with E-state index in [1.165, 1.54) is 6.07 Å². The molecule has 1 aliphatic rings. The van der Waals surface area contributed by atoms with Crippen molar-refractivity contribution in [3.63, 3.8) is 0 Å². The van der Waals surface area contributed by atoms with Gasteiger partial charge in [0, 0.05) is 31.3 Å². The van der Waals surface area contributed by atoms with E-state index in [2.05, 4.69) is 30.7 Å². The number of pyridine rings is 1. The molecule has 2 aromatic heterocycles. The number of alkyl halides is 3. The maximum Gasteiger partial charge on any atom is 0.417 e. The van der Waals surface area contributed by atoms with Gasteiger partial charge in [-0.15, -0.1) is 24.0 Å². The number of hydrogen-bond acceptors (Lipinski definition) is 5. The SMILES string of the molecule is CCNC(=NCCOc1ccc(C(F)(F)F)cn1)NC1CCc2nc(C)nn2C1.I. The molecule has 1 unspecified atom stereocenters. The molecular formula is C18H25F3IN7O. The summed E-state index contributed by atoms with van der Waals surface area (Å²) >= 11 is 0. The van der Waals surface area contributed by atoms with Crippen molar-refractivity contribution in [1.29, 1.82) is 0 Å². The molecule has 0 saturated heterocycles. The lowest BCUT2D eigenvalue weighted by atomic mass is 10.1. The Kier molecular flexibility index (Phi) is 8.67. The molecule has 166 valence electrons. The van der Waals surface area contributed by atoms with Crippen LogP contribution in [0.2, 0.25) is 0 Å². The third-order valence-corrected chi connectivity index (χ3v) is 4.32. The molecule has 1 aliphatic heterocycles. The van der Waals surface area contributed by atoms with E-state index < -0.39 is 11.7 Å². The zero-order valence-corrected chi connectivity index (χ0v) is 19.1. The van der Waals surface area contributed by atoms with E-state index in [0.717, 1.165) is 36.8 Å². The van der Waals surface area contributed by atoms with E-state index in [1.54, 1.807) is 0 Å². The fraction of sp³-hybridized carbons (Fsp3) is 0.556. The van der Waals surface area contributed by atoms with Crippen molar-refractivity contribution in [2.45, 2.75) is 45.5 Å². The lowest BCUT2D eigenvalue weighted by Gasteiger charge is -2.25. The quantitative estimate of drug-likeness (QED) is 0.254. The van der Waals surface area contributed by atoms with E-state index in [9.17, 15) is 13.2 Å². The predicted molar refractivity (Wildman–Crippen MR) is 116 cm³/mol. The summed E-state index contributed by atoms with van der Waals surface area (Å²) in [6.07, 6.45) is -1.88. The summed E-state index contributed by atoms with van der Waals surface area (Å²) in [7, 11) is 0. The number of nitrogens with one attached hydrogen (secondary N) is 2. The molecule has 0 fully saturated rings. The van der Waals surface area contributed by atoms with Crippen LogP contribution >= 0.6 is 24.0 Å². The molecule has 0 spiro atoms. The molecule has 2 N–H and O–H groups in total. The second-order valence-electron chi connectivity index (χ2n) is 6.63. The number of ether oxygens (including phenoxy) is 1. The summed E-state index contributed by atoms with van der Waals surface area (Å²) in [4.78, 5) is 12.5. The average molecular weight is 539 g/mol. The second-order valence-corrected chi connectivity index (χ2v) is 6.63. The van der Waals surface area contributed by atoms with E-state index >= 15 is 0 Å². The largest absolute Gasteiger partial charge is 0.476 e. The molecular weight excluding hydrogens is 514 g/mol. The Morgan fingerprint density at radius 1 is 1.37 bits per heavy atom. The number of hydrogen-bond donors (Lipinski definition) is 2. The summed E-state index contributed by atoms with van der Waals surface area (Å²) in [5.41, 5.74) is -0.806. The Labute approximate surface area is 189 Å². The highest BCUT2D eigenvalue weighted by atomic mass is 127. The molecule has 0 amide bonds. The topological polar surface area (TPSA) is 89.2 Å². The Morgan fingerprint density at radius 3 is 2.83 bits per heavy atom. The summed E-state index contributed by atoms with van der Waals surface area (Å²) in [5, 5.41) is 11.0. The first-order chi connectivity index (χ1) is 13.8. The van der Waals surface area contributed by atoms with Crippen LogP contribution in [0.25, 0.3) is 0 Å². The van der Waals surface area contributed by atoms with Crippen molar-refractivity contribution in [3.8, 4) is 5.88 Å². The minimum atomic E-state index is -4.41. The molecule has 30 heavy (non-hydrogen) atoms. The standard InChI is InChI=1S/C18H24F3N7O.HI/c1-3-22-17(26-14-5-6-15-25-12(2)27-28(15)11-14)23-8-9-29-16-7-4-13(10-24-16)18(19,20)21;/h4,7,10,14H,3,5-6,8-9,11H2,1-2H3,(H2,22,23,26);1H. The molecule has 0 aromatic carbocycles. The summed E-state index contributed by atoms with van der Waals surface area (Å²) < 4.78 is 44.9. The van der Waals surface area contributed by atoms with Crippen LogP contribution in [0.4, 0.5) is 13.2 Å². The molecule has 2 aromatic rings. The Hall–Kier alpha value is -2.12. The summed E-state index contributed by atoms with van der Waals surface area (Å²) in [6, 6.07) is 2.33. The third-order valence-electron chi connectivity index (χ3n) is 4.32. The summed E-state index contributed by atoms with van der Waals surface area (Å²) in [6.45, 7) is 5.80. The van der Waals surface area contributed by atoms with E-state index in [-0.39, 0.29) is 42.5 Å². The van der Waals surface area contributed by atoms with Gasteiger partial charge in [-0.3, -0.25) is 0 Å². The predicted octanol–water partition coefficient (Wildman–Crippen LogP) is 2.57. The molecule has 0 radical (unpaired) electrons. The van der Waals surface area contributed by atoms with Crippen LogP contribution in [0, 0.1) is 6.92 Å². The maximum absolute atomic E-state index is 12.5. The van der Waals surface area contributed by atoms with E-state index in [0.29, 0.717) is 25.6 Å². The number of nitrogens with zero attached hydrogens (tertiary/aromatic N) is 5. The van der Waals surface area contributed by atoms with Gasteiger partial charge in [0.25, 0.3) is 0 Å². The first-order valence-electron chi connectivity index (χ1n) is 9.46. The first kappa shape index (κ1) is 24.2. The normalized spacial score (nSPS) is 16.4. The number of halogens is 4. The smallest absolute Gasteiger partial charge is 0.417 e. The van der Waals surface area contributed by atoms with Crippen molar-refractivity contribution in [2.75, 3.05) is 19.7 Å². The Bertz CT molecular complexity index is 839. The van der Waals surface area contributed by atoms with E-state index in [4.69, 9.17) is 4.74 Å². The van der Waals surface area contributed by atoms with Gasteiger partial charge < -0.3 is 15.4 Å². The number of fused-ring (bicyclic) bond motifs is 1. The van der Waals surface area contributed by atoms with Crippen LogP contribution in [-0.4, -0.2) is 51.4 Å². The van der Waals surface area contributed by atoms with Gasteiger partial charge in [0.15, 0.2) is 5.96 Å². The van der Waals surface area contributed by atoms with Crippen molar-refractivity contribution < 1.29 is 17.9 Å². The molecule has 3 heterocycles. The van der Waals surface area contributed by atoms with Gasteiger partial charge in [0.05, 0.1) is 18.7 Å². The highest BCUT2D eigenvalue weighted by Gasteiger charge is 2.30. The van der Waals surface area contributed by atoms with Crippen molar-refractivity contribution in [2.24, 2.45) is 4.99 Å². The Balaban J connectivity index is 0.00000320. The van der Waals surface area contributed by atoms with Crippen LogP contribution < -0.4 is 15.4 Å². The molecule has 8 nitrogen and oxygen atoms in total. The molecule has 0 saturated carbocycles. The fourth-order valence-electron chi connectivity index (χ4n) is 3.01. The first-order valence-corrected chi connectivity index (χ1v) is 9.46. The zero-order valence-electron chi connectivity index (χ0n) is 16.7. The van der Waals surface area contributed by atoms with Crippen molar-refractivity contribution in [1.82, 2.24) is 30.4 Å². The minimum absolute atomic E-state index is 0. The van der Waals surface area contributed by atoms with Crippen LogP contribution in [0.5, 0.6) is 5.88 Å². The molecule has 12 heteroatoms. The summed E-state index contributed by atoms with van der Waals surface area (Å²) in [5.74, 6) is 2.56. The fourth-order valence-corrected chi connectivity index (χ4v) is 3.01. The number of aliphatic imine (C=N–C) groups is 1. The third kappa shape index (κ3) is 6.71. The van der Waals surface area contributed by atoms with Crippen LogP contribution in [-0.2, 0) is 19.1 Å². The lowest BCUT2D eigenvalue weighted by molar-refractivity contribution is -0.137. The van der Waals surface area contributed by atoms with Crippen molar-refractivity contribution >= 4 is 29.9 Å². The molecule has 3 rings (SSSR count). The number of rotatable bonds is 6. The van der Waals surface area contributed by atoms with Gasteiger partial charge >= 0.3 is 6.18 Å². The Morgan fingerprint density at radius 2 is 2.17 bits per heavy atom. The van der Waals surface area contributed by atoms with Gasteiger partial charge in [-0.1, -0.05) is 0 Å². The zero-order chi connectivity index (χ0) is 20.9. The number of aryl methyl sites for hydroxylation is 2. The second kappa shape index (κ2) is 10.8. The van der Waals surface area contributed by atoms with Crippen LogP contribution in [0.3, 0.4) is 0 Å². The minimum Gasteiger partial charge on any atom is -0.476 e. The molecule has 0 aliphatic carbocycles. The van der Waals surface area contributed by atoms with Crippen LogP contribution in [0.15, 0.2) is 23.3 Å². The van der Waals surface area contributed by atoms with E-state index in [1.807, 2.05) is 18.5 Å². The lowest BCUT2D eigenvalue weighted by Crippen LogP contribution is -2.47. The van der Waals surface area contributed by atoms with Gasteiger partial charge in [-0.2, -0.15) is 18.3 Å². The number of aromatic nitrogens is 4.